The highest BCUT2D eigenvalue weighted by atomic mass is 16.2. The fourth-order valence-corrected chi connectivity index (χ4v) is 2.78. The van der Waals surface area contributed by atoms with Crippen LogP contribution in [0.4, 0.5) is 11.5 Å². The second kappa shape index (κ2) is 6.70. The van der Waals surface area contributed by atoms with Gasteiger partial charge in [0.15, 0.2) is 0 Å². The first-order valence-corrected chi connectivity index (χ1v) is 7.93. The molecule has 0 fully saturated rings. The zero-order chi connectivity index (χ0) is 17.1. The lowest BCUT2D eigenvalue weighted by Crippen LogP contribution is -2.53. The van der Waals surface area contributed by atoms with E-state index < -0.39 is 0 Å². The minimum atomic E-state index is -0.270. The van der Waals surface area contributed by atoms with Crippen LogP contribution in [-0.4, -0.2) is 34.4 Å². The SMILES string of the molecule is CC(C)C1Nc2ccccc2C(=O)N1CC(=O)Nc1ccccn1. The van der Waals surface area contributed by atoms with Crippen molar-refractivity contribution in [1.29, 1.82) is 0 Å². The van der Waals surface area contributed by atoms with E-state index in [1.54, 1.807) is 35.4 Å². The summed E-state index contributed by atoms with van der Waals surface area (Å²) in [5.74, 6) is 0.222. The zero-order valence-electron chi connectivity index (χ0n) is 13.7. The van der Waals surface area contributed by atoms with Gasteiger partial charge in [0.2, 0.25) is 5.91 Å². The van der Waals surface area contributed by atoms with E-state index in [0.717, 1.165) is 5.69 Å². The summed E-state index contributed by atoms with van der Waals surface area (Å²) >= 11 is 0. The highest BCUT2D eigenvalue weighted by molar-refractivity contribution is 6.04. The number of carbonyl (C=O) groups is 2. The monoisotopic (exact) mass is 324 g/mol. The van der Waals surface area contributed by atoms with Gasteiger partial charge in [-0.2, -0.15) is 0 Å². The molecule has 0 radical (unpaired) electrons. The van der Waals surface area contributed by atoms with Crippen molar-refractivity contribution in [3.8, 4) is 0 Å². The molecule has 1 aromatic heterocycles. The molecule has 1 unspecified atom stereocenters. The number of pyridine rings is 1. The standard InChI is InChI=1S/C18H20N4O2/c1-12(2)17-20-14-8-4-3-7-13(14)18(24)22(17)11-16(23)21-15-9-5-6-10-19-15/h3-10,12,17,20H,11H2,1-2H3,(H,19,21,23). The van der Waals surface area contributed by atoms with Gasteiger partial charge in [-0.25, -0.2) is 4.98 Å². The van der Waals surface area contributed by atoms with Crippen molar-refractivity contribution in [2.45, 2.75) is 20.0 Å². The predicted molar refractivity (Wildman–Crippen MR) is 92.6 cm³/mol. The molecular weight excluding hydrogens is 304 g/mol. The number of hydrogen-bond donors (Lipinski definition) is 2. The average molecular weight is 324 g/mol. The number of aromatic nitrogens is 1. The number of para-hydroxylation sites is 1. The summed E-state index contributed by atoms with van der Waals surface area (Å²) in [7, 11) is 0. The van der Waals surface area contributed by atoms with E-state index in [1.807, 2.05) is 32.0 Å². The fraction of sp³-hybridized carbons (Fsp3) is 0.278. The number of carbonyl (C=O) groups excluding carboxylic acids is 2. The number of amides is 2. The molecule has 2 heterocycles. The molecule has 0 spiro atoms. The summed E-state index contributed by atoms with van der Waals surface area (Å²) < 4.78 is 0. The summed E-state index contributed by atoms with van der Waals surface area (Å²) in [4.78, 5) is 30.8. The summed E-state index contributed by atoms with van der Waals surface area (Å²) in [6.45, 7) is 4.00. The van der Waals surface area contributed by atoms with E-state index in [9.17, 15) is 9.59 Å². The molecule has 124 valence electrons. The molecule has 6 nitrogen and oxygen atoms in total. The lowest BCUT2D eigenvalue weighted by atomic mass is 10.0. The Morgan fingerprint density at radius 2 is 2.00 bits per heavy atom. The maximum atomic E-state index is 12.8. The normalized spacial score (nSPS) is 16.5. The summed E-state index contributed by atoms with van der Waals surface area (Å²) in [6.07, 6.45) is 1.37. The first-order valence-electron chi connectivity index (χ1n) is 7.93. The lowest BCUT2D eigenvalue weighted by Gasteiger charge is -2.39. The van der Waals surface area contributed by atoms with Crippen LogP contribution < -0.4 is 10.6 Å². The van der Waals surface area contributed by atoms with E-state index in [1.165, 1.54) is 0 Å². The molecule has 1 aliphatic rings. The number of nitrogens with one attached hydrogen (secondary N) is 2. The third kappa shape index (κ3) is 3.22. The van der Waals surface area contributed by atoms with Gasteiger partial charge in [-0.1, -0.05) is 32.0 Å². The van der Waals surface area contributed by atoms with Crippen molar-refractivity contribution in [3.05, 3.63) is 54.2 Å². The number of fused-ring (bicyclic) bond motifs is 1. The van der Waals surface area contributed by atoms with Gasteiger partial charge in [0.05, 0.1) is 5.56 Å². The van der Waals surface area contributed by atoms with Gasteiger partial charge in [-0.15, -0.1) is 0 Å². The molecule has 0 saturated heterocycles. The van der Waals surface area contributed by atoms with Gasteiger partial charge in [-0.3, -0.25) is 9.59 Å². The molecule has 6 heteroatoms. The maximum Gasteiger partial charge on any atom is 0.258 e. The minimum Gasteiger partial charge on any atom is -0.364 e. The van der Waals surface area contributed by atoms with E-state index in [-0.39, 0.29) is 30.4 Å². The Balaban J connectivity index is 1.80. The number of benzene rings is 1. The van der Waals surface area contributed by atoms with Crippen LogP contribution in [0.15, 0.2) is 48.7 Å². The summed E-state index contributed by atoms with van der Waals surface area (Å²) in [6, 6.07) is 12.6. The highest BCUT2D eigenvalue weighted by Crippen LogP contribution is 2.27. The maximum absolute atomic E-state index is 12.8. The molecule has 24 heavy (non-hydrogen) atoms. The van der Waals surface area contributed by atoms with Crippen LogP contribution in [0.1, 0.15) is 24.2 Å². The van der Waals surface area contributed by atoms with Crippen LogP contribution in [0.5, 0.6) is 0 Å². The third-order valence-electron chi connectivity index (χ3n) is 3.94. The zero-order valence-corrected chi connectivity index (χ0v) is 13.7. The number of nitrogens with zero attached hydrogens (tertiary/aromatic N) is 2. The summed E-state index contributed by atoms with van der Waals surface area (Å²) in [5, 5.41) is 6.08. The quantitative estimate of drug-likeness (QED) is 0.906. The second-order valence-corrected chi connectivity index (χ2v) is 6.07. The van der Waals surface area contributed by atoms with Crippen molar-refractivity contribution in [1.82, 2.24) is 9.88 Å². The molecule has 0 saturated carbocycles. The smallest absolute Gasteiger partial charge is 0.258 e. The highest BCUT2D eigenvalue weighted by Gasteiger charge is 2.34. The third-order valence-corrected chi connectivity index (χ3v) is 3.94. The molecule has 1 aromatic carbocycles. The fourth-order valence-electron chi connectivity index (χ4n) is 2.78. The van der Waals surface area contributed by atoms with Gasteiger partial charge in [0.25, 0.3) is 5.91 Å². The molecule has 2 amide bonds. The summed E-state index contributed by atoms with van der Waals surface area (Å²) in [5.41, 5.74) is 1.39. The molecule has 3 rings (SSSR count). The molecule has 0 aliphatic carbocycles. The topological polar surface area (TPSA) is 74.3 Å². The van der Waals surface area contributed by atoms with Crippen LogP contribution in [0.3, 0.4) is 0 Å². The van der Waals surface area contributed by atoms with E-state index >= 15 is 0 Å². The number of rotatable bonds is 4. The van der Waals surface area contributed by atoms with Crippen molar-refractivity contribution in [2.75, 3.05) is 17.2 Å². The van der Waals surface area contributed by atoms with Gasteiger partial charge in [0.1, 0.15) is 18.5 Å². The Bertz CT molecular complexity index is 746. The van der Waals surface area contributed by atoms with Crippen molar-refractivity contribution < 1.29 is 9.59 Å². The Morgan fingerprint density at radius 1 is 1.25 bits per heavy atom. The lowest BCUT2D eigenvalue weighted by molar-refractivity contribution is -0.117. The number of anilines is 2. The average Bonchev–Trinajstić information content (AvgIpc) is 2.58. The second-order valence-electron chi connectivity index (χ2n) is 6.07. The Kier molecular flexibility index (Phi) is 4.46. The minimum absolute atomic E-state index is 0.0282. The van der Waals surface area contributed by atoms with Crippen LogP contribution in [0.25, 0.3) is 0 Å². The first-order chi connectivity index (χ1) is 11.6. The van der Waals surface area contributed by atoms with Crippen molar-refractivity contribution >= 4 is 23.3 Å². The van der Waals surface area contributed by atoms with E-state index in [0.29, 0.717) is 11.4 Å². The first kappa shape index (κ1) is 16.0. The van der Waals surface area contributed by atoms with Gasteiger partial charge in [0, 0.05) is 11.9 Å². The van der Waals surface area contributed by atoms with Crippen molar-refractivity contribution in [2.24, 2.45) is 5.92 Å². The molecule has 2 aromatic rings. The Morgan fingerprint density at radius 3 is 2.71 bits per heavy atom. The largest absolute Gasteiger partial charge is 0.364 e. The molecule has 1 aliphatic heterocycles. The van der Waals surface area contributed by atoms with Crippen LogP contribution in [-0.2, 0) is 4.79 Å². The van der Waals surface area contributed by atoms with Crippen molar-refractivity contribution in [3.63, 3.8) is 0 Å². The Labute approximate surface area is 140 Å². The van der Waals surface area contributed by atoms with Gasteiger partial charge < -0.3 is 15.5 Å². The Hall–Kier alpha value is -2.89. The van der Waals surface area contributed by atoms with Crippen LogP contribution in [0.2, 0.25) is 0 Å². The van der Waals surface area contributed by atoms with Gasteiger partial charge >= 0.3 is 0 Å². The molecule has 1 atom stereocenters. The number of hydrogen-bond acceptors (Lipinski definition) is 4. The van der Waals surface area contributed by atoms with Gasteiger partial charge in [-0.05, 0) is 30.2 Å². The van der Waals surface area contributed by atoms with E-state index in [2.05, 4.69) is 15.6 Å². The predicted octanol–water partition coefficient (Wildman–Crippen LogP) is 2.57. The van der Waals surface area contributed by atoms with Crippen LogP contribution in [0, 0.1) is 5.92 Å². The molecule has 2 N–H and O–H groups in total. The molecule has 0 bridgehead atoms. The van der Waals surface area contributed by atoms with E-state index in [4.69, 9.17) is 0 Å². The molecular formula is C18H20N4O2. The van der Waals surface area contributed by atoms with Crippen LogP contribution >= 0.6 is 0 Å².